The van der Waals surface area contributed by atoms with E-state index in [1.807, 2.05) is 6.07 Å². The number of benzene rings is 2. The second-order valence-corrected chi connectivity index (χ2v) is 6.45. The third-order valence-corrected chi connectivity index (χ3v) is 4.55. The lowest BCUT2D eigenvalue weighted by molar-refractivity contribution is -0.117. The van der Waals surface area contributed by atoms with Gasteiger partial charge in [-0.2, -0.15) is 4.98 Å². The van der Waals surface area contributed by atoms with E-state index in [-0.39, 0.29) is 48.8 Å². The van der Waals surface area contributed by atoms with Gasteiger partial charge < -0.3 is 14.7 Å². The molecule has 1 unspecified atom stereocenters. The number of carbonyl (C=O) groups is 2. The largest absolute Gasteiger partial charge is 0.343 e. The van der Waals surface area contributed by atoms with Crippen molar-refractivity contribution in [3.8, 4) is 0 Å². The topological polar surface area (TPSA) is 88.3 Å². The second kappa shape index (κ2) is 7.59. The van der Waals surface area contributed by atoms with Crippen molar-refractivity contribution >= 4 is 17.5 Å². The number of halogens is 1. The van der Waals surface area contributed by atoms with Crippen LogP contribution in [-0.2, 0) is 11.3 Å². The van der Waals surface area contributed by atoms with Gasteiger partial charge in [0.25, 0.3) is 5.91 Å². The standard InChI is InChI=1S/C20H17FN4O3/c21-15-8-4-5-9-16(15)25-12-14(10-18(25)26)19-23-17(28-24-19)11-22-20(27)13-6-2-1-3-7-13/h1-9,14H,10-12H2,(H,22,27). The first kappa shape index (κ1) is 17.8. The molecule has 0 bridgehead atoms. The maximum absolute atomic E-state index is 14.0. The van der Waals surface area contributed by atoms with Gasteiger partial charge in [0.05, 0.1) is 12.2 Å². The van der Waals surface area contributed by atoms with Gasteiger partial charge in [-0.3, -0.25) is 9.59 Å². The van der Waals surface area contributed by atoms with Crippen LogP contribution in [0.4, 0.5) is 10.1 Å². The molecular formula is C20H17FN4O3. The van der Waals surface area contributed by atoms with Crippen molar-refractivity contribution < 1.29 is 18.5 Å². The molecule has 0 saturated carbocycles. The lowest BCUT2D eigenvalue weighted by atomic mass is 10.1. The minimum atomic E-state index is -0.450. The fraction of sp³-hybridized carbons (Fsp3) is 0.200. The number of nitrogens with one attached hydrogen (secondary N) is 1. The summed E-state index contributed by atoms with van der Waals surface area (Å²) in [6.45, 7) is 0.355. The highest BCUT2D eigenvalue weighted by Crippen LogP contribution is 2.31. The molecule has 1 fully saturated rings. The number of aromatic nitrogens is 2. The first-order valence-electron chi connectivity index (χ1n) is 8.82. The number of hydrogen-bond acceptors (Lipinski definition) is 5. The van der Waals surface area contributed by atoms with E-state index >= 15 is 0 Å². The summed E-state index contributed by atoms with van der Waals surface area (Å²) in [6.07, 6.45) is 0.170. The van der Waals surface area contributed by atoms with E-state index < -0.39 is 5.82 Å². The molecule has 0 radical (unpaired) electrons. The van der Waals surface area contributed by atoms with E-state index in [1.165, 1.54) is 11.0 Å². The Hall–Kier alpha value is -3.55. The average Bonchev–Trinajstić information content (AvgIpc) is 3.34. The van der Waals surface area contributed by atoms with E-state index in [9.17, 15) is 14.0 Å². The number of hydrogen-bond donors (Lipinski definition) is 1. The molecule has 1 saturated heterocycles. The quantitative estimate of drug-likeness (QED) is 0.735. The van der Waals surface area contributed by atoms with Crippen LogP contribution in [0.15, 0.2) is 59.1 Å². The third kappa shape index (κ3) is 3.62. The van der Waals surface area contributed by atoms with Crippen molar-refractivity contribution in [1.82, 2.24) is 15.5 Å². The number of amides is 2. The van der Waals surface area contributed by atoms with Crippen molar-refractivity contribution in [2.24, 2.45) is 0 Å². The van der Waals surface area contributed by atoms with Gasteiger partial charge in [-0.05, 0) is 24.3 Å². The number of para-hydroxylation sites is 1. The molecule has 1 atom stereocenters. The van der Waals surface area contributed by atoms with E-state index in [2.05, 4.69) is 15.5 Å². The molecule has 4 rings (SSSR count). The summed E-state index contributed by atoms with van der Waals surface area (Å²) in [5.41, 5.74) is 0.776. The summed E-state index contributed by atoms with van der Waals surface area (Å²) in [4.78, 5) is 30.0. The van der Waals surface area contributed by atoms with Crippen molar-refractivity contribution in [3.63, 3.8) is 0 Å². The molecule has 2 heterocycles. The molecule has 8 heteroatoms. The summed E-state index contributed by atoms with van der Waals surface area (Å²) in [6, 6.07) is 14.9. The minimum absolute atomic E-state index is 0.0818. The highest BCUT2D eigenvalue weighted by atomic mass is 19.1. The predicted octanol–water partition coefficient (Wildman–Crippen LogP) is 2.66. The summed E-state index contributed by atoms with van der Waals surface area (Å²) in [7, 11) is 0. The number of rotatable bonds is 5. The molecule has 2 amide bonds. The summed E-state index contributed by atoms with van der Waals surface area (Å²) in [5, 5.41) is 6.63. The second-order valence-electron chi connectivity index (χ2n) is 6.45. The molecule has 0 aliphatic carbocycles. The van der Waals surface area contributed by atoms with Crippen LogP contribution >= 0.6 is 0 Å². The highest BCUT2D eigenvalue weighted by Gasteiger charge is 2.35. The fourth-order valence-electron chi connectivity index (χ4n) is 3.14. The van der Waals surface area contributed by atoms with Crippen LogP contribution < -0.4 is 10.2 Å². The molecule has 142 valence electrons. The Balaban J connectivity index is 1.40. The van der Waals surface area contributed by atoms with Gasteiger partial charge in [0.2, 0.25) is 11.8 Å². The van der Waals surface area contributed by atoms with E-state index in [0.717, 1.165) is 0 Å². The normalized spacial score (nSPS) is 16.4. The predicted molar refractivity (Wildman–Crippen MR) is 98.0 cm³/mol. The van der Waals surface area contributed by atoms with E-state index in [0.29, 0.717) is 11.4 Å². The van der Waals surface area contributed by atoms with Gasteiger partial charge in [0.15, 0.2) is 5.82 Å². The van der Waals surface area contributed by atoms with Gasteiger partial charge in [0.1, 0.15) is 5.82 Å². The Morgan fingerprint density at radius 3 is 2.71 bits per heavy atom. The minimum Gasteiger partial charge on any atom is -0.343 e. The van der Waals surface area contributed by atoms with Crippen LogP contribution in [0.25, 0.3) is 0 Å². The molecule has 1 aliphatic rings. The van der Waals surface area contributed by atoms with Crippen LogP contribution in [0.5, 0.6) is 0 Å². The maximum Gasteiger partial charge on any atom is 0.251 e. The molecule has 7 nitrogen and oxygen atoms in total. The van der Waals surface area contributed by atoms with Crippen molar-refractivity contribution in [1.29, 1.82) is 0 Å². The zero-order valence-electron chi connectivity index (χ0n) is 14.8. The Labute approximate surface area is 160 Å². The van der Waals surface area contributed by atoms with Crippen LogP contribution in [0.1, 0.15) is 34.4 Å². The molecule has 1 N–H and O–H groups in total. The van der Waals surface area contributed by atoms with Crippen molar-refractivity contribution in [3.05, 3.63) is 77.7 Å². The zero-order chi connectivity index (χ0) is 19.5. The van der Waals surface area contributed by atoms with Crippen LogP contribution in [-0.4, -0.2) is 28.5 Å². The zero-order valence-corrected chi connectivity index (χ0v) is 14.8. The van der Waals surface area contributed by atoms with E-state index in [4.69, 9.17) is 4.52 Å². The molecular weight excluding hydrogens is 363 g/mol. The first-order valence-corrected chi connectivity index (χ1v) is 8.82. The summed E-state index contributed by atoms with van der Waals surface area (Å²) < 4.78 is 19.2. The highest BCUT2D eigenvalue weighted by molar-refractivity contribution is 5.96. The van der Waals surface area contributed by atoms with Crippen molar-refractivity contribution in [2.75, 3.05) is 11.4 Å². The fourth-order valence-corrected chi connectivity index (χ4v) is 3.14. The van der Waals surface area contributed by atoms with Gasteiger partial charge in [-0.25, -0.2) is 4.39 Å². The number of nitrogens with zero attached hydrogens (tertiary/aromatic N) is 3. The maximum atomic E-state index is 14.0. The Morgan fingerprint density at radius 2 is 1.93 bits per heavy atom. The summed E-state index contributed by atoms with van der Waals surface area (Å²) in [5.74, 6) is -0.573. The van der Waals surface area contributed by atoms with E-state index in [1.54, 1.807) is 42.5 Å². The Bertz CT molecular complexity index is 1010. The van der Waals surface area contributed by atoms with Gasteiger partial charge >= 0.3 is 0 Å². The molecule has 1 aromatic heterocycles. The average molecular weight is 380 g/mol. The monoisotopic (exact) mass is 380 g/mol. The van der Waals surface area contributed by atoms with Gasteiger partial charge in [-0.1, -0.05) is 35.5 Å². The molecule has 2 aromatic carbocycles. The molecule has 0 spiro atoms. The molecule has 28 heavy (non-hydrogen) atoms. The summed E-state index contributed by atoms with van der Waals surface area (Å²) >= 11 is 0. The van der Waals surface area contributed by atoms with Crippen LogP contribution in [0.3, 0.4) is 0 Å². The molecule has 3 aromatic rings. The van der Waals surface area contributed by atoms with Crippen LogP contribution in [0, 0.1) is 5.82 Å². The lowest BCUT2D eigenvalue weighted by Gasteiger charge is -2.16. The number of carbonyl (C=O) groups excluding carboxylic acids is 2. The van der Waals surface area contributed by atoms with Crippen LogP contribution in [0.2, 0.25) is 0 Å². The Morgan fingerprint density at radius 1 is 1.18 bits per heavy atom. The molecule has 1 aliphatic heterocycles. The SMILES string of the molecule is O=C(NCc1nc(C2CC(=O)N(c3ccccc3F)C2)no1)c1ccccc1. The third-order valence-electron chi connectivity index (χ3n) is 4.55. The smallest absolute Gasteiger partial charge is 0.251 e. The first-order chi connectivity index (χ1) is 13.6. The van der Waals surface area contributed by atoms with Gasteiger partial charge in [0, 0.05) is 24.4 Å². The van der Waals surface area contributed by atoms with Gasteiger partial charge in [-0.15, -0.1) is 0 Å². The van der Waals surface area contributed by atoms with Crippen molar-refractivity contribution in [2.45, 2.75) is 18.9 Å². The number of anilines is 1. The lowest BCUT2D eigenvalue weighted by Crippen LogP contribution is -2.25. The Kier molecular flexibility index (Phi) is 4.84.